The Morgan fingerprint density at radius 3 is 2.58 bits per heavy atom. The Bertz CT molecular complexity index is 125. The standard InChI is InChI=1S/C10H21NO/c1-8-3-4-10(7-9(8)2)11-5-6-12/h8-12H,3-7H2,1-2H3/t8-,9-,10+/m0/s1. The number of hydrogen-bond donors (Lipinski definition) is 2. The van der Waals surface area contributed by atoms with Gasteiger partial charge in [0.25, 0.3) is 0 Å². The van der Waals surface area contributed by atoms with Crippen LogP contribution in [0.1, 0.15) is 33.1 Å². The SMILES string of the molecule is C[C@H]1CC[C@@H](NCCO)C[C@@H]1C. The molecule has 0 heterocycles. The maximum Gasteiger partial charge on any atom is 0.0556 e. The van der Waals surface area contributed by atoms with E-state index in [1.54, 1.807) is 0 Å². The van der Waals surface area contributed by atoms with Gasteiger partial charge in [-0.2, -0.15) is 0 Å². The summed E-state index contributed by atoms with van der Waals surface area (Å²) in [6.45, 7) is 5.69. The van der Waals surface area contributed by atoms with Gasteiger partial charge in [-0.1, -0.05) is 13.8 Å². The summed E-state index contributed by atoms with van der Waals surface area (Å²) in [6.07, 6.45) is 3.90. The summed E-state index contributed by atoms with van der Waals surface area (Å²) in [7, 11) is 0. The number of hydrogen-bond acceptors (Lipinski definition) is 2. The van der Waals surface area contributed by atoms with Crippen LogP contribution in [0.2, 0.25) is 0 Å². The normalized spacial score (nSPS) is 36.8. The average Bonchev–Trinajstić information content (AvgIpc) is 2.07. The van der Waals surface area contributed by atoms with Crippen molar-refractivity contribution in [3.05, 3.63) is 0 Å². The molecule has 1 aliphatic carbocycles. The van der Waals surface area contributed by atoms with Crippen LogP contribution in [0.5, 0.6) is 0 Å². The van der Waals surface area contributed by atoms with Gasteiger partial charge < -0.3 is 10.4 Å². The summed E-state index contributed by atoms with van der Waals surface area (Å²) in [5, 5.41) is 12.0. The van der Waals surface area contributed by atoms with Crippen LogP contribution in [0.15, 0.2) is 0 Å². The van der Waals surface area contributed by atoms with Crippen molar-refractivity contribution in [2.24, 2.45) is 11.8 Å². The third kappa shape index (κ3) is 2.76. The summed E-state index contributed by atoms with van der Waals surface area (Å²) in [5.74, 6) is 1.73. The monoisotopic (exact) mass is 171 g/mol. The molecule has 0 amide bonds. The van der Waals surface area contributed by atoms with Crippen molar-refractivity contribution in [2.45, 2.75) is 39.2 Å². The lowest BCUT2D eigenvalue weighted by Crippen LogP contribution is -2.37. The van der Waals surface area contributed by atoms with E-state index in [2.05, 4.69) is 19.2 Å². The van der Waals surface area contributed by atoms with Crippen molar-refractivity contribution < 1.29 is 5.11 Å². The van der Waals surface area contributed by atoms with Gasteiger partial charge in [-0.25, -0.2) is 0 Å². The van der Waals surface area contributed by atoms with E-state index in [4.69, 9.17) is 5.11 Å². The highest BCUT2D eigenvalue weighted by atomic mass is 16.3. The Labute approximate surface area is 75.4 Å². The first-order chi connectivity index (χ1) is 5.74. The summed E-state index contributed by atoms with van der Waals surface area (Å²) in [6, 6.07) is 0.656. The smallest absolute Gasteiger partial charge is 0.0556 e. The molecule has 0 radical (unpaired) electrons. The minimum atomic E-state index is 0.264. The molecule has 0 unspecified atom stereocenters. The molecule has 0 aliphatic heterocycles. The van der Waals surface area contributed by atoms with Crippen LogP contribution in [-0.2, 0) is 0 Å². The molecule has 1 rings (SSSR count). The summed E-state index contributed by atoms with van der Waals surface area (Å²) < 4.78 is 0. The van der Waals surface area contributed by atoms with E-state index in [0.717, 1.165) is 18.4 Å². The zero-order valence-corrected chi connectivity index (χ0v) is 8.21. The van der Waals surface area contributed by atoms with Crippen molar-refractivity contribution in [2.75, 3.05) is 13.2 Å². The van der Waals surface area contributed by atoms with Gasteiger partial charge in [0.1, 0.15) is 0 Å². The molecule has 12 heavy (non-hydrogen) atoms. The van der Waals surface area contributed by atoms with Gasteiger partial charge in [-0.15, -0.1) is 0 Å². The molecule has 0 spiro atoms. The first-order valence-corrected chi connectivity index (χ1v) is 5.08. The second-order valence-electron chi connectivity index (χ2n) is 4.14. The highest BCUT2D eigenvalue weighted by Crippen LogP contribution is 2.28. The third-order valence-electron chi connectivity index (χ3n) is 3.14. The lowest BCUT2D eigenvalue weighted by atomic mass is 9.79. The zero-order chi connectivity index (χ0) is 8.97. The minimum Gasteiger partial charge on any atom is -0.395 e. The van der Waals surface area contributed by atoms with Gasteiger partial charge in [0, 0.05) is 12.6 Å². The molecular formula is C10H21NO. The van der Waals surface area contributed by atoms with Gasteiger partial charge >= 0.3 is 0 Å². The molecule has 2 N–H and O–H groups in total. The molecule has 0 saturated heterocycles. The van der Waals surface area contributed by atoms with Crippen LogP contribution in [0, 0.1) is 11.8 Å². The molecule has 0 aromatic heterocycles. The zero-order valence-electron chi connectivity index (χ0n) is 8.21. The summed E-state index contributed by atoms with van der Waals surface area (Å²) in [4.78, 5) is 0. The largest absolute Gasteiger partial charge is 0.395 e. The fraction of sp³-hybridized carbons (Fsp3) is 1.00. The minimum absolute atomic E-state index is 0.264. The van der Waals surface area contributed by atoms with Gasteiger partial charge in [0.05, 0.1) is 6.61 Å². The second-order valence-corrected chi connectivity index (χ2v) is 4.14. The topological polar surface area (TPSA) is 32.3 Å². The Morgan fingerprint density at radius 1 is 1.25 bits per heavy atom. The predicted molar refractivity (Wildman–Crippen MR) is 51.1 cm³/mol. The van der Waals surface area contributed by atoms with Crippen molar-refractivity contribution in [3.8, 4) is 0 Å². The summed E-state index contributed by atoms with van der Waals surface area (Å²) in [5.41, 5.74) is 0. The molecule has 1 aliphatic rings. The molecule has 0 aromatic rings. The Balaban J connectivity index is 2.21. The van der Waals surface area contributed by atoms with Gasteiger partial charge in [-0.05, 0) is 31.1 Å². The van der Waals surface area contributed by atoms with Crippen molar-refractivity contribution in [1.29, 1.82) is 0 Å². The van der Waals surface area contributed by atoms with Crippen LogP contribution in [-0.4, -0.2) is 24.3 Å². The maximum absolute atomic E-state index is 8.65. The van der Waals surface area contributed by atoms with Gasteiger partial charge in [-0.3, -0.25) is 0 Å². The molecule has 3 atom stereocenters. The number of rotatable bonds is 3. The van der Waals surface area contributed by atoms with Gasteiger partial charge in [0.15, 0.2) is 0 Å². The number of aliphatic hydroxyl groups is 1. The first-order valence-electron chi connectivity index (χ1n) is 5.08. The van der Waals surface area contributed by atoms with E-state index in [-0.39, 0.29) is 6.61 Å². The van der Waals surface area contributed by atoms with E-state index >= 15 is 0 Å². The van der Waals surface area contributed by atoms with Crippen molar-refractivity contribution in [3.63, 3.8) is 0 Å². The third-order valence-corrected chi connectivity index (χ3v) is 3.14. The Hall–Kier alpha value is -0.0800. The quantitative estimate of drug-likeness (QED) is 0.672. The molecule has 2 heteroatoms. The Kier molecular flexibility index (Phi) is 4.02. The van der Waals surface area contributed by atoms with Crippen LogP contribution in [0.3, 0.4) is 0 Å². The van der Waals surface area contributed by atoms with E-state index in [1.165, 1.54) is 19.3 Å². The molecule has 0 bridgehead atoms. The Morgan fingerprint density at radius 2 is 2.00 bits per heavy atom. The number of nitrogens with one attached hydrogen (secondary N) is 1. The number of aliphatic hydroxyl groups excluding tert-OH is 1. The fourth-order valence-electron chi connectivity index (χ4n) is 2.00. The van der Waals surface area contributed by atoms with E-state index in [1.807, 2.05) is 0 Å². The molecule has 0 aromatic carbocycles. The molecule has 72 valence electrons. The van der Waals surface area contributed by atoms with Crippen molar-refractivity contribution in [1.82, 2.24) is 5.32 Å². The lowest BCUT2D eigenvalue weighted by Gasteiger charge is -2.32. The molecule has 2 nitrogen and oxygen atoms in total. The molecule has 1 fully saturated rings. The highest BCUT2D eigenvalue weighted by molar-refractivity contribution is 4.79. The molecular weight excluding hydrogens is 150 g/mol. The van der Waals surface area contributed by atoms with E-state index < -0.39 is 0 Å². The maximum atomic E-state index is 8.65. The fourth-order valence-corrected chi connectivity index (χ4v) is 2.00. The predicted octanol–water partition coefficient (Wildman–Crippen LogP) is 1.39. The second kappa shape index (κ2) is 4.83. The highest BCUT2D eigenvalue weighted by Gasteiger charge is 2.23. The van der Waals surface area contributed by atoms with Gasteiger partial charge in [0.2, 0.25) is 0 Å². The van der Waals surface area contributed by atoms with Crippen molar-refractivity contribution >= 4 is 0 Å². The van der Waals surface area contributed by atoms with Crippen LogP contribution >= 0.6 is 0 Å². The van der Waals surface area contributed by atoms with E-state index in [0.29, 0.717) is 6.04 Å². The first kappa shape index (κ1) is 10.0. The average molecular weight is 171 g/mol. The van der Waals surface area contributed by atoms with Crippen LogP contribution < -0.4 is 5.32 Å². The molecule has 1 saturated carbocycles. The van der Waals surface area contributed by atoms with E-state index in [9.17, 15) is 0 Å². The van der Waals surface area contributed by atoms with Crippen LogP contribution in [0.4, 0.5) is 0 Å². The van der Waals surface area contributed by atoms with Crippen LogP contribution in [0.25, 0.3) is 0 Å². The summed E-state index contributed by atoms with van der Waals surface area (Å²) >= 11 is 0. The lowest BCUT2D eigenvalue weighted by molar-refractivity contribution is 0.212.